The summed E-state index contributed by atoms with van der Waals surface area (Å²) in [5.74, 6) is 2.61. The molecule has 1 heterocycles. The van der Waals surface area contributed by atoms with Crippen LogP contribution in [0, 0.1) is 11.8 Å². The number of carbonyl (C=O) groups is 1. The van der Waals surface area contributed by atoms with Gasteiger partial charge < -0.3 is 20.1 Å². The lowest BCUT2D eigenvalue weighted by molar-refractivity contribution is -0.122. The van der Waals surface area contributed by atoms with Gasteiger partial charge in [0.2, 0.25) is 5.91 Å². The van der Waals surface area contributed by atoms with Crippen molar-refractivity contribution in [1.82, 2.24) is 10.6 Å². The minimum atomic E-state index is 0.0907. The third-order valence-electron chi connectivity index (χ3n) is 4.61. The largest absolute Gasteiger partial charge is 0.497 e. The second kappa shape index (κ2) is 8.77. The number of hydrogen-bond acceptors (Lipinski definition) is 4. The van der Waals surface area contributed by atoms with E-state index in [-0.39, 0.29) is 5.91 Å². The zero-order valence-corrected chi connectivity index (χ0v) is 14.4. The third kappa shape index (κ3) is 5.13. The molecule has 2 unspecified atom stereocenters. The molecule has 128 valence electrons. The number of amides is 1. The maximum Gasteiger partial charge on any atom is 0.220 e. The van der Waals surface area contributed by atoms with Crippen molar-refractivity contribution >= 4 is 5.91 Å². The van der Waals surface area contributed by atoms with Crippen LogP contribution < -0.4 is 20.1 Å². The number of benzene rings is 1. The molecule has 1 aromatic carbocycles. The average Bonchev–Trinajstić information content (AvgIpc) is 2.60. The molecule has 2 rings (SSSR count). The molecule has 1 fully saturated rings. The van der Waals surface area contributed by atoms with E-state index in [0.717, 1.165) is 30.2 Å². The van der Waals surface area contributed by atoms with Gasteiger partial charge in [-0.3, -0.25) is 4.79 Å². The molecule has 0 radical (unpaired) electrons. The SMILES string of the molecule is COc1ccc(OC)c(CNC(=O)CC(C)C2CCCNC2)c1. The quantitative estimate of drug-likeness (QED) is 0.809. The van der Waals surface area contributed by atoms with Crippen molar-refractivity contribution in [2.24, 2.45) is 11.8 Å². The maximum absolute atomic E-state index is 12.2. The Labute approximate surface area is 138 Å². The van der Waals surface area contributed by atoms with E-state index in [2.05, 4.69) is 17.6 Å². The van der Waals surface area contributed by atoms with Crippen molar-refractivity contribution in [3.8, 4) is 11.5 Å². The Morgan fingerprint density at radius 2 is 2.22 bits per heavy atom. The molecule has 5 nitrogen and oxygen atoms in total. The van der Waals surface area contributed by atoms with Crippen LogP contribution in [0.2, 0.25) is 0 Å². The minimum absolute atomic E-state index is 0.0907. The first-order valence-electron chi connectivity index (χ1n) is 8.32. The van der Waals surface area contributed by atoms with E-state index in [1.165, 1.54) is 12.8 Å². The van der Waals surface area contributed by atoms with Gasteiger partial charge in [0.15, 0.2) is 0 Å². The van der Waals surface area contributed by atoms with Crippen molar-refractivity contribution in [3.05, 3.63) is 23.8 Å². The summed E-state index contributed by atoms with van der Waals surface area (Å²) >= 11 is 0. The van der Waals surface area contributed by atoms with Gasteiger partial charge in [0.05, 0.1) is 14.2 Å². The van der Waals surface area contributed by atoms with Crippen LogP contribution in [0.15, 0.2) is 18.2 Å². The average molecular weight is 320 g/mol. The van der Waals surface area contributed by atoms with E-state index in [1.54, 1.807) is 14.2 Å². The number of methoxy groups -OCH3 is 2. The second-order valence-corrected chi connectivity index (χ2v) is 6.24. The summed E-state index contributed by atoms with van der Waals surface area (Å²) in [6, 6.07) is 5.60. The van der Waals surface area contributed by atoms with Gasteiger partial charge in [-0.1, -0.05) is 6.92 Å². The van der Waals surface area contributed by atoms with Crippen molar-refractivity contribution in [2.45, 2.75) is 32.7 Å². The highest BCUT2D eigenvalue weighted by atomic mass is 16.5. The first kappa shape index (κ1) is 17.6. The van der Waals surface area contributed by atoms with Crippen molar-refractivity contribution in [1.29, 1.82) is 0 Å². The standard InChI is InChI=1S/C18H28N2O3/c1-13(14-5-4-8-19-11-14)9-18(21)20-12-15-10-16(22-2)6-7-17(15)23-3/h6-7,10,13-14,19H,4-5,8-9,11-12H2,1-3H3,(H,20,21). The zero-order valence-electron chi connectivity index (χ0n) is 14.4. The van der Waals surface area contributed by atoms with Gasteiger partial charge in [0.1, 0.15) is 11.5 Å². The van der Waals surface area contributed by atoms with E-state index in [9.17, 15) is 4.79 Å². The monoisotopic (exact) mass is 320 g/mol. The van der Waals surface area contributed by atoms with Crippen LogP contribution in [-0.2, 0) is 11.3 Å². The topological polar surface area (TPSA) is 59.6 Å². The highest BCUT2D eigenvalue weighted by Gasteiger charge is 2.22. The molecule has 1 saturated heterocycles. The lowest BCUT2D eigenvalue weighted by Crippen LogP contribution is -2.35. The number of piperidine rings is 1. The van der Waals surface area contributed by atoms with Crippen LogP contribution in [0.4, 0.5) is 0 Å². The molecular weight excluding hydrogens is 292 g/mol. The highest BCUT2D eigenvalue weighted by molar-refractivity contribution is 5.76. The van der Waals surface area contributed by atoms with Crippen molar-refractivity contribution in [3.63, 3.8) is 0 Å². The van der Waals surface area contributed by atoms with Crippen LogP contribution >= 0.6 is 0 Å². The van der Waals surface area contributed by atoms with Gasteiger partial charge in [-0.15, -0.1) is 0 Å². The molecule has 1 aliphatic rings. The lowest BCUT2D eigenvalue weighted by atomic mass is 9.85. The molecular formula is C18H28N2O3. The molecule has 0 saturated carbocycles. The molecule has 0 aromatic heterocycles. The minimum Gasteiger partial charge on any atom is -0.497 e. The summed E-state index contributed by atoms with van der Waals surface area (Å²) in [4.78, 5) is 12.2. The van der Waals surface area contributed by atoms with Gasteiger partial charge in [-0.2, -0.15) is 0 Å². The lowest BCUT2D eigenvalue weighted by Gasteiger charge is -2.28. The van der Waals surface area contributed by atoms with Gasteiger partial charge in [0.25, 0.3) is 0 Å². The predicted octanol–water partition coefficient (Wildman–Crippen LogP) is 2.35. The zero-order chi connectivity index (χ0) is 16.7. The molecule has 23 heavy (non-hydrogen) atoms. The number of rotatable bonds is 7. The molecule has 5 heteroatoms. The van der Waals surface area contributed by atoms with Crippen LogP contribution in [0.3, 0.4) is 0 Å². The summed E-state index contributed by atoms with van der Waals surface area (Å²) < 4.78 is 10.6. The van der Waals surface area contributed by atoms with E-state index < -0.39 is 0 Å². The molecule has 1 aromatic rings. The first-order chi connectivity index (χ1) is 11.1. The molecule has 1 aliphatic heterocycles. The van der Waals surface area contributed by atoms with Crippen molar-refractivity contribution in [2.75, 3.05) is 27.3 Å². The Kier molecular flexibility index (Phi) is 6.71. The molecule has 0 bridgehead atoms. The Balaban J connectivity index is 1.86. The summed E-state index contributed by atoms with van der Waals surface area (Å²) in [6.45, 7) is 4.75. The fourth-order valence-corrected chi connectivity index (χ4v) is 3.11. The van der Waals surface area contributed by atoms with Gasteiger partial charge in [0, 0.05) is 18.5 Å². The molecule has 2 atom stereocenters. The van der Waals surface area contributed by atoms with E-state index >= 15 is 0 Å². The van der Waals surface area contributed by atoms with Crippen molar-refractivity contribution < 1.29 is 14.3 Å². The smallest absolute Gasteiger partial charge is 0.220 e. The normalized spacial score (nSPS) is 19.0. The number of carbonyl (C=O) groups excluding carboxylic acids is 1. The Bertz CT molecular complexity index is 513. The van der Waals surface area contributed by atoms with Crippen LogP contribution in [0.25, 0.3) is 0 Å². The van der Waals surface area contributed by atoms with Gasteiger partial charge in [-0.25, -0.2) is 0 Å². The summed E-state index contributed by atoms with van der Waals surface area (Å²) in [7, 11) is 3.26. The van der Waals surface area contributed by atoms with E-state index in [0.29, 0.717) is 24.8 Å². The summed E-state index contributed by atoms with van der Waals surface area (Å²) in [5, 5.41) is 6.41. The number of nitrogens with one attached hydrogen (secondary N) is 2. The van der Waals surface area contributed by atoms with Crippen LogP contribution in [-0.4, -0.2) is 33.2 Å². The Morgan fingerprint density at radius 3 is 2.87 bits per heavy atom. The van der Waals surface area contributed by atoms with Gasteiger partial charge >= 0.3 is 0 Å². The summed E-state index contributed by atoms with van der Waals surface area (Å²) in [6.07, 6.45) is 2.99. The summed E-state index contributed by atoms with van der Waals surface area (Å²) in [5.41, 5.74) is 0.923. The highest BCUT2D eigenvalue weighted by Crippen LogP contribution is 2.25. The van der Waals surface area contributed by atoms with Crippen LogP contribution in [0.5, 0.6) is 11.5 Å². The third-order valence-corrected chi connectivity index (χ3v) is 4.61. The molecule has 1 amide bonds. The van der Waals surface area contributed by atoms with E-state index in [4.69, 9.17) is 9.47 Å². The second-order valence-electron chi connectivity index (χ2n) is 6.24. The first-order valence-corrected chi connectivity index (χ1v) is 8.32. The molecule has 0 spiro atoms. The van der Waals surface area contributed by atoms with Crippen LogP contribution in [0.1, 0.15) is 31.7 Å². The number of ether oxygens (including phenoxy) is 2. The predicted molar refractivity (Wildman–Crippen MR) is 90.8 cm³/mol. The Hall–Kier alpha value is -1.75. The number of hydrogen-bond donors (Lipinski definition) is 2. The fourth-order valence-electron chi connectivity index (χ4n) is 3.11. The van der Waals surface area contributed by atoms with E-state index in [1.807, 2.05) is 18.2 Å². The molecule has 2 N–H and O–H groups in total. The van der Waals surface area contributed by atoms with Gasteiger partial charge in [-0.05, 0) is 56.0 Å². The molecule has 0 aliphatic carbocycles. The Morgan fingerprint density at radius 1 is 1.39 bits per heavy atom. The fraction of sp³-hybridized carbons (Fsp3) is 0.611. The maximum atomic E-state index is 12.2.